The maximum atomic E-state index is 10.8. The summed E-state index contributed by atoms with van der Waals surface area (Å²) < 4.78 is 0. The summed E-state index contributed by atoms with van der Waals surface area (Å²) in [5.41, 5.74) is 6.60. The molecule has 120 valence electrons. The molecule has 1 N–H and O–H groups in total. The van der Waals surface area contributed by atoms with Gasteiger partial charge >= 0.3 is 0 Å². The van der Waals surface area contributed by atoms with E-state index < -0.39 is 0 Å². The molecule has 4 aliphatic rings. The number of aromatic hydroxyl groups is 1. The second-order valence-electron chi connectivity index (χ2n) is 6.46. The fourth-order valence-electron chi connectivity index (χ4n) is 3.27. The largest absolute Gasteiger partial charge is 0.507 e. The summed E-state index contributed by atoms with van der Waals surface area (Å²) in [6, 6.07) is 13.1. The molecule has 0 spiro atoms. The number of hydrogen-bond donors (Lipinski definition) is 1. The van der Waals surface area contributed by atoms with Crippen LogP contribution in [0.15, 0.2) is 41.5 Å². The molecule has 0 unspecified atom stereocenters. The maximum Gasteiger partial charge on any atom is 0.128 e. The van der Waals surface area contributed by atoms with Gasteiger partial charge in [-0.15, -0.1) is 0 Å². The van der Waals surface area contributed by atoms with Crippen molar-refractivity contribution >= 4 is 5.71 Å². The van der Waals surface area contributed by atoms with Crippen LogP contribution >= 0.6 is 0 Å². The number of nitrogens with zero attached hydrogens (tertiary/aromatic N) is 2. The van der Waals surface area contributed by atoms with Crippen LogP contribution < -0.4 is 0 Å². The lowest BCUT2D eigenvalue weighted by Gasteiger charge is -2.17. The normalized spacial score (nSPS) is 14.5. The monoisotopic (exact) mass is 308 g/mol. The van der Waals surface area contributed by atoms with E-state index in [1.807, 2.05) is 21.0 Å². The SMILES string of the molecule is C/C(=N\N(C)C)c1c2ccc(c1O)CCc1ccc(cc1)CC2. The van der Waals surface area contributed by atoms with Gasteiger partial charge < -0.3 is 10.1 Å². The Morgan fingerprint density at radius 2 is 1.39 bits per heavy atom. The molecular weight excluding hydrogens is 284 g/mol. The summed E-state index contributed by atoms with van der Waals surface area (Å²) in [7, 11) is 3.81. The van der Waals surface area contributed by atoms with Gasteiger partial charge in [0.05, 0.1) is 5.71 Å². The van der Waals surface area contributed by atoms with E-state index in [1.165, 1.54) is 16.7 Å². The van der Waals surface area contributed by atoms with E-state index in [0.29, 0.717) is 5.75 Å². The Labute approximate surface area is 138 Å². The van der Waals surface area contributed by atoms with Crippen LogP contribution in [-0.4, -0.2) is 29.9 Å². The van der Waals surface area contributed by atoms with Crippen LogP contribution in [0.5, 0.6) is 5.75 Å². The minimum atomic E-state index is 0.403. The Kier molecular flexibility index (Phi) is 4.37. The summed E-state index contributed by atoms with van der Waals surface area (Å²) in [4.78, 5) is 0. The third-order valence-electron chi connectivity index (χ3n) is 4.45. The Balaban J connectivity index is 2.08. The first-order valence-corrected chi connectivity index (χ1v) is 8.19. The Hall–Kier alpha value is -2.29. The quantitative estimate of drug-likeness (QED) is 0.680. The van der Waals surface area contributed by atoms with Crippen LogP contribution in [0.25, 0.3) is 0 Å². The molecule has 2 aromatic carbocycles. The molecule has 4 bridgehead atoms. The van der Waals surface area contributed by atoms with Crippen molar-refractivity contribution in [3.63, 3.8) is 0 Å². The Bertz CT molecular complexity index is 730. The molecule has 0 heterocycles. The van der Waals surface area contributed by atoms with Crippen molar-refractivity contribution in [1.82, 2.24) is 5.01 Å². The standard InChI is InChI=1S/C20H24N2O/c1-14(21-22(2)3)19-17-10-8-15-4-6-16(7-5-15)9-11-18(13-12-17)20(19)23/h4-7,12-13,23H,8-11H2,1-3H3/b21-14+. The minimum Gasteiger partial charge on any atom is -0.507 e. The number of phenols is 1. The first-order valence-electron chi connectivity index (χ1n) is 8.19. The Morgan fingerprint density at radius 3 is 1.96 bits per heavy atom. The van der Waals surface area contributed by atoms with Gasteiger partial charge in [0.2, 0.25) is 0 Å². The van der Waals surface area contributed by atoms with Gasteiger partial charge in [-0.1, -0.05) is 36.4 Å². The van der Waals surface area contributed by atoms with Gasteiger partial charge in [0.15, 0.2) is 0 Å². The van der Waals surface area contributed by atoms with Gasteiger partial charge in [-0.2, -0.15) is 5.10 Å². The predicted octanol–water partition coefficient (Wildman–Crippen LogP) is 3.56. The van der Waals surface area contributed by atoms with E-state index >= 15 is 0 Å². The van der Waals surface area contributed by atoms with Crippen LogP contribution in [0.4, 0.5) is 0 Å². The van der Waals surface area contributed by atoms with Crippen molar-refractivity contribution < 1.29 is 5.11 Å². The van der Waals surface area contributed by atoms with E-state index in [2.05, 4.69) is 41.5 Å². The van der Waals surface area contributed by atoms with Gasteiger partial charge in [-0.25, -0.2) is 0 Å². The van der Waals surface area contributed by atoms with Gasteiger partial charge in [-0.3, -0.25) is 0 Å². The number of aryl methyl sites for hydroxylation is 4. The number of rotatable bonds is 2. The van der Waals surface area contributed by atoms with Crippen molar-refractivity contribution in [1.29, 1.82) is 0 Å². The molecule has 0 radical (unpaired) electrons. The first-order chi connectivity index (χ1) is 11.0. The summed E-state index contributed by atoms with van der Waals surface area (Å²) in [5, 5.41) is 17.1. The van der Waals surface area contributed by atoms with E-state index in [-0.39, 0.29) is 0 Å². The number of hydrogen-bond acceptors (Lipinski definition) is 3. The zero-order chi connectivity index (χ0) is 16.4. The highest BCUT2D eigenvalue weighted by molar-refractivity contribution is 6.02. The number of phenolic OH excluding ortho intramolecular Hbond substituents is 1. The molecule has 2 aromatic rings. The Morgan fingerprint density at radius 1 is 0.870 bits per heavy atom. The molecule has 0 saturated heterocycles. The van der Waals surface area contributed by atoms with Crippen molar-refractivity contribution in [2.45, 2.75) is 32.6 Å². The van der Waals surface area contributed by atoms with E-state index in [4.69, 9.17) is 0 Å². The molecule has 0 saturated carbocycles. The summed E-state index contributed by atoms with van der Waals surface area (Å²) in [6.07, 6.45) is 3.66. The molecule has 0 aliphatic heterocycles. The van der Waals surface area contributed by atoms with Gasteiger partial charge in [0.25, 0.3) is 0 Å². The molecule has 0 amide bonds. The molecule has 3 nitrogen and oxygen atoms in total. The zero-order valence-corrected chi connectivity index (χ0v) is 14.1. The molecule has 3 heteroatoms. The lowest BCUT2D eigenvalue weighted by atomic mass is 9.91. The van der Waals surface area contributed by atoms with Crippen LogP contribution in [0, 0.1) is 0 Å². The van der Waals surface area contributed by atoms with Crippen LogP contribution in [0.3, 0.4) is 0 Å². The molecule has 6 rings (SSSR count). The molecule has 23 heavy (non-hydrogen) atoms. The molecular formula is C20H24N2O. The number of benzene rings is 2. The molecule has 0 fully saturated rings. The topological polar surface area (TPSA) is 35.8 Å². The fraction of sp³-hybridized carbons (Fsp3) is 0.350. The van der Waals surface area contributed by atoms with Crippen molar-refractivity contribution in [2.24, 2.45) is 5.10 Å². The van der Waals surface area contributed by atoms with E-state index in [9.17, 15) is 5.11 Å². The highest BCUT2D eigenvalue weighted by atomic mass is 16.3. The smallest absolute Gasteiger partial charge is 0.128 e. The van der Waals surface area contributed by atoms with E-state index in [0.717, 1.165) is 42.5 Å². The second kappa shape index (κ2) is 6.45. The second-order valence-corrected chi connectivity index (χ2v) is 6.46. The van der Waals surface area contributed by atoms with E-state index in [1.54, 1.807) is 5.01 Å². The van der Waals surface area contributed by atoms with Crippen LogP contribution in [0.2, 0.25) is 0 Å². The fourth-order valence-corrected chi connectivity index (χ4v) is 3.27. The summed E-state index contributed by atoms with van der Waals surface area (Å²) in [5.74, 6) is 0.403. The minimum absolute atomic E-state index is 0.403. The predicted molar refractivity (Wildman–Crippen MR) is 95.3 cm³/mol. The van der Waals surface area contributed by atoms with Gasteiger partial charge in [-0.05, 0) is 54.9 Å². The highest BCUT2D eigenvalue weighted by Gasteiger charge is 2.16. The average molecular weight is 308 g/mol. The van der Waals surface area contributed by atoms with Crippen molar-refractivity contribution in [3.8, 4) is 5.75 Å². The van der Waals surface area contributed by atoms with Gasteiger partial charge in [0, 0.05) is 19.7 Å². The highest BCUT2D eigenvalue weighted by Crippen LogP contribution is 2.30. The van der Waals surface area contributed by atoms with Gasteiger partial charge in [0.1, 0.15) is 5.75 Å². The summed E-state index contributed by atoms with van der Waals surface area (Å²) >= 11 is 0. The lowest BCUT2D eigenvalue weighted by Crippen LogP contribution is -2.11. The van der Waals surface area contributed by atoms with Crippen LogP contribution in [-0.2, 0) is 25.7 Å². The third-order valence-corrected chi connectivity index (χ3v) is 4.45. The molecule has 0 aromatic heterocycles. The first kappa shape index (κ1) is 15.6. The zero-order valence-electron chi connectivity index (χ0n) is 14.1. The average Bonchev–Trinajstić information content (AvgIpc) is 2.50. The summed E-state index contributed by atoms with van der Waals surface area (Å²) in [6.45, 7) is 1.97. The molecule has 4 aliphatic carbocycles. The maximum absolute atomic E-state index is 10.8. The van der Waals surface area contributed by atoms with Crippen molar-refractivity contribution in [3.05, 3.63) is 64.2 Å². The van der Waals surface area contributed by atoms with Crippen LogP contribution in [0.1, 0.15) is 34.7 Å². The van der Waals surface area contributed by atoms with Crippen molar-refractivity contribution in [2.75, 3.05) is 14.1 Å². The molecule has 0 atom stereocenters. The third kappa shape index (κ3) is 3.39. The number of hydrazone groups is 1. The lowest BCUT2D eigenvalue weighted by molar-refractivity contribution is 0.436.